The third kappa shape index (κ3) is 5.28. The van der Waals surface area contributed by atoms with Crippen LogP contribution in [-0.2, 0) is 6.54 Å². The van der Waals surface area contributed by atoms with Crippen LogP contribution in [0.2, 0.25) is 0 Å². The molecule has 1 atom stereocenters. The number of ether oxygens (including phenoxy) is 2. The van der Waals surface area contributed by atoms with Gasteiger partial charge in [0.1, 0.15) is 17.2 Å². The van der Waals surface area contributed by atoms with Crippen molar-refractivity contribution in [1.29, 1.82) is 0 Å². The van der Waals surface area contributed by atoms with Gasteiger partial charge in [-0.3, -0.25) is 0 Å². The summed E-state index contributed by atoms with van der Waals surface area (Å²) in [7, 11) is 0. The van der Waals surface area contributed by atoms with Crippen LogP contribution in [0.25, 0.3) is 0 Å². The van der Waals surface area contributed by atoms with E-state index in [-0.39, 0.29) is 6.10 Å². The molecule has 0 aromatic heterocycles. The van der Waals surface area contributed by atoms with Crippen LogP contribution < -0.4 is 14.8 Å². The molecule has 0 unspecified atom stereocenters. The first kappa shape index (κ1) is 17.9. The average Bonchev–Trinajstić information content (AvgIpc) is 2.69. The van der Waals surface area contributed by atoms with Crippen LogP contribution in [0.5, 0.6) is 17.2 Å². The Balaban J connectivity index is 1.51. The Morgan fingerprint density at radius 1 is 0.769 bits per heavy atom. The third-order valence-electron chi connectivity index (χ3n) is 4.17. The Bertz CT molecular complexity index is 783. The molecule has 0 amide bonds. The third-order valence-corrected chi connectivity index (χ3v) is 4.17. The fourth-order valence-corrected chi connectivity index (χ4v) is 2.47. The Labute approximate surface area is 155 Å². The second-order valence-corrected chi connectivity index (χ2v) is 6.27. The maximum Gasteiger partial charge on any atom is 0.127 e. The summed E-state index contributed by atoms with van der Waals surface area (Å²) in [6.45, 7) is 4.97. The van der Waals surface area contributed by atoms with E-state index in [0.717, 1.165) is 35.9 Å². The van der Waals surface area contributed by atoms with Crippen LogP contribution in [0.4, 0.5) is 5.69 Å². The molecule has 3 aromatic rings. The van der Waals surface area contributed by atoms with Crippen LogP contribution >= 0.6 is 0 Å². The van der Waals surface area contributed by atoms with E-state index in [9.17, 15) is 0 Å². The lowest BCUT2D eigenvalue weighted by atomic mass is 10.2. The molecule has 0 spiro atoms. The number of rotatable bonds is 8. The van der Waals surface area contributed by atoms with E-state index in [1.54, 1.807) is 0 Å². The molecule has 0 aliphatic heterocycles. The summed E-state index contributed by atoms with van der Waals surface area (Å²) in [5.74, 6) is 2.59. The molecule has 0 heterocycles. The predicted molar refractivity (Wildman–Crippen MR) is 107 cm³/mol. The van der Waals surface area contributed by atoms with E-state index in [1.165, 1.54) is 5.56 Å². The molecule has 0 saturated heterocycles. The minimum Gasteiger partial charge on any atom is -0.491 e. The van der Waals surface area contributed by atoms with Gasteiger partial charge in [-0.25, -0.2) is 0 Å². The van der Waals surface area contributed by atoms with Crippen LogP contribution in [0.3, 0.4) is 0 Å². The first-order valence-electron chi connectivity index (χ1n) is 9.05. The molecule has 0 saturated carbocycles. The van der Waals surface area contributed by atoms with Crippen molar-refractivity contribution in [2.45, 2.75) is 32.9 Å². The van der Waals surface area contributed by atoms with Crippen molar-refractivity contribution >= 4 is 5.69 Å². The molecule has 0 radical (unpaired) electrons. The van der Waals surface area contributed by atoms with Gasteiger partial charge in [0, 0.05) is 12.2 Å². The lowest BCUT2D eigenvalue weighted by molar-refractivity contribution is 0.217. The zero-order valence-electron chi connectivity index (χ0n) is 15.3. The Kier molecular flexibility index (Phi) is 6.15. The lowest BCUT2D eigenvalue weighted by Crippen LogP contribution is -2.09. The summed E-state index contributed by atoms with van der Waals surface area (Å²) in [4.78, 5) is 0. The fraction of sp³-hybridized carbons (Fsp3) is 0.217. The van der Waals surface area contributed by atoms with Gasteiger partial charge in [0.2, 0.25) is 0 Å². The second-order valence-electron chi connectivity index (χ2n) is 6.27. The zero-order valence-corrected chi connectivity index (χ0v) is 15.3. The van der Waals surface area contributed by atoms with Crippen molar-refractivity contribution < 1.29 is 9.47 Å². The molecule has 3 aromatic carbocycles. The SMILES string of the molecule is CC[C@H](C)Oc1ccc(CNc2ccc(Oc3ccccc3)cc2)cc1. The quantitative estimate of drug-likeness (QED) is 0.521. The van der Waals surface area contributed by atoms with E-state index in [0.29, 0.717) is 0 Å². The van der Waals surface area contributed by atoms with E-state index in [2.05, 4.69) is 31.3 Å². The number of nitrogens with one attached hydrogen (secondary N) is 1. The first-order valence-corrected chi connectivity index (χ1v) is 9.05. The average molecular weight is 347 g/mol. The first-order chi connectivity index (χ1) is 12.7. The highest BCUT2D eigenvalue weighted by atomic mass is 16.5. The molecule has 26 heavy (non-hydrogen) atoms. The summed E-state index contributed by atoms with van der Waals surface area (Å²) in [5, 5.41) is 3.43. The molecule has 0 aliphatic carbocycles. The Hall–Kier alpha value is -2.94. The van der Waals surface area contributed by atoms with E-state index >= 15 is 0 Å². The fourth-order valence-electron chi connectivity index (χ4n) is 2.47. The van der Waals surface area contributed by atoms with Crippen molar-refractivity contribution in [3.63, 3.8) is 0 Å². The van der Waals surface area contributed by atoms with Gasteiger partial charge >= 0.3 is 0 Å². The molecule has 0 fully saturated rings. The highest BCUT2D eigenvalue weighted by Crippen LogP contribution is 2.23. The number of para-hydroxylation sites is 1. The van der Waals surface area contributed by atoms with Crippen LogP contribution in [-0.4, -0.2) is 6.10 Å². The highest BCUT2D eigenvalue weighted by molar-refractivity contribution is 5.47. The van der Waals surface area contributed by atoms with E-state index in [4.69, 9.17) is 9.47 Å². The van der Waals surface area contributed by atoms with Crippen molar-refractivity contribution in [2.24, 2.45) is 0 Å². The lowest BCUT2D eigenvalue weighted by Gasteiger charge is -2.13. The number of benzene rings is 3. The maximum atomic E-state index is 5.81. The topological polar surface area (TPSA) is 30.5 Å². The van der Waals surface area contributed by atoms with Gasteiger partial charge < -0.3 is 14.8 Å². The molecular formula is C23H25NO2. The number of hydrogen-bond acceptors (Lipinski definition) is 3. The van der Waals surface area contributed by atoms with Crippen molar-refractivity contribution in [3.8, 4) is 17.2 Å². The van der Waals surface area contributed by atoms with Gasteiger partial charge in [-0.05, 0) is 67.4 Å². The second kappa shape index (κ2) is 8.95. The molecule has 0 aliphatic rings. The smallest absolute Gasteiger partial charge is 0.127 e. The maximum absolute atomic E-state index is 5.81. The predicted octanol–water partition coefficient (Wildman–Crippen LogP) is 6.27. The van der Waals surface area contributed by atoms with E-state index in [1.807, 2.05) is 66.7 Å². The van der Waals surface area contributed by atoms with Gasteiger partial charge in [0.05, 0.1) is 6.10 Å². The summed E-state index contributed by atoms with van der Waals surface area (Å²) in [5.41, 5.74) is 2.27. The van der Waals surface area contributed by atoms with Gasteiger partial charge in [0.15, 0.2) is 0 Å². The molecule has 3 heteroatoms. The van der Waals surface area contributed by atoms with Crippen LogP contribution in [0, 0.1) is 0 Å². The largest absolute Gasteiger partial charge is 0.491 e. The minimum atomic E-state index is 0.246. The van der Waals surface area contributed by atoms with Gasteiger partial charge in [-0.2, -0.15) is 0 Å². The minimum absolute atomic E-state index is 0.246. The zero-order chi connectivity index (χ0) is 18.2. The van der Waals surface area contributed by atoms with Gasteiger partial charge in [-0.15, -0.1) is 0 Å². The van der Waals surface area contributed by atoms with Gasteiger partial charge in [-0.1, -0.05) is 37.3 Å². The molecular weight excluding hydrogens is 322 g/mol. The van der Waals surface area contributed by atoms with Crippen molar-refractivity contribution in [3.05, 3.63) is 84.4 Å². The molecule has 3 rings (SSSR count). The summed E-state index contributed by atoms with van der Waals surface area (Å²) in [6, 6.07) is 26.0. The molecule has 0 bridgehead atoms. The molecule has 1 N–H and O–H groups in total. The normalized spacial score (nSPS) is 11.6. The van der Waals surface area contributed by atoms with Crippen LogP contribution in [0.15, 0.2) is 78.9 Å². The number of anilines is 1. The van der Waals surface area contributed by atoms with Crippen LogP contribution in [0.1, 0.15) is 25.8 Å². The molecule has 3 nitrogen and oxygen atoms in total. The molecule has 134 valence electrons. The van der Waals surface area contributed by atoms with Crippen molar-refractivity contribution in [2.75, 3.05) is 5.32 Å². The monoisotopic (exact) mass is 347 g/mol. The van der Waals surface area contributed by atoms with Gasteiger partial charge in [0.25, 0.3) is 0 Å². The highest BCUT2D eigenvalue weighted by Gasteiger charge is 2.02. The summed E-state index contributed by atoms with van der Waals surface area (Å²) >= 11 is 0. The summed E-state index contributed by atoms with van der Waals surface area (Å²) in [6.07, 6.45) is 1.25. The van der Waals surface area contributed by atoms with Crippen molar-refractivity contribution in [1.82, 2.24) is 0 Å². The standard InChI is InChI=1S/C23H25NO2/c1-3-18(2)25-22-13-9-19(10-14-22)17-24-20-11-15-23(16-12-20)26-21-7-5-4-6-8-21/h4-16,18,24H,3,17H2,1-2H3/t18-/m0/s1. The summed E-state index contributed by atoms with van der Waals surface area (Å²) < 4.78 is 11.6. The Morgan fingerprint density at radius 3 is 2.04 bits per heavy atom. The number of hydrogen-bond donors (Lipinski definition) is 1. The Morgan fingerprint density at radius 2 is 1.38 bits per heavy atom. The van der Waals surface area contributed by atoms with E-state index < -0.39 is 0 Å².